The van der Waals surface area contributed by atoms with Gasteiger partial charge in [-0.15, -0.1) is 0 Å². The van der Waals surface area contributed by atoms with Crippen molar-refractivity contribution in [3.63, 3.8) is 0 Å². The first-order valence-electron chi connectivity index (χ1n) is 6.07. The molecule has 2 rings (SSSR count). The summed E-state index contributed by atoms with van der Waals surface area (Å²) in [7, 11) is 0. The Morgan fingerprint density at radius 1 is 1.11 bits per heavy atom. The van der Waals surface area contributed by atoms with Gasteiger partial charge in [0, 0.05) is 5.02 Å². The van der Waals surface area contributed by atoms with Crippen molar-refractivity contribution in [2.75, 3.05) is 0 Å². The normalized spacial score (nSPS) is 12.5. The summed E-state index contributed by atoms with van der Waals surface area (Å²) in [6.45, 7) is 5.86. The largest absolute Gasteiger partial charge is 0.207 e. The van der Waals surface area contributed by atoms with Gasteiger partial charge < -0.3 is 0 Å². The average molecular weight is 342 g/mol. The van der Waals surface area contributed by atoms with Crippen LogP contribution in [0.15, 0.2) is 30.3 Å². The van der Waals surface area contributed by atoms with E-state index < -0.39 is 0 Å². The van der Waals surface area contributed by atoms with Crippen molar-refractivity contribution in [3.8, 4) is 0 Å². The summed E-state index contributed by atoms with van der Waals surface area (Å²) in [5.74, 6) is -0.193. The van der Waals surface area contributed by atoms with E-state index >= 15 is 0 Å². The molecule has 0 fully saturated rings. The monoisotopic (exact) mass is 340 g/mol. The van der Waals surface area contributed by atoms with E-state index in [1.165, 1.54) is 0 Å². The standard InChI is InChI=1S/C16H15BrClF/c1-9-7-12(19)8-10(2)15(9)16(17)13-5-4-6-14(18)11(13)3/h4-8,16H,1-3H3. The lowest BCUT2D eigenvalue weighted by Crippen LogP contribution is -2.02. The first-order chi connectivity index (χ1) is 8.91. The highest BCUT2D eigenvalue weighted by Gasteiger charge is 2.18. The molecule has 0 nitrogen and oxygen atoms in total. The molecule has 0 saturated carbocycles. The SMILES string of the molecule is Cc1cc(F)cc(C)c1C(Br)c1cccc(Cl)c1C. The Balaban J connectivity index is 2.56. The molecule has 0 bridgehead atoms. The van der Waals surface area contributed by atoms with Crippen LogP contribution >= 0.6 is 27.5 Å². The van der Waals surface area contributed by atoms with Crippen LogP contribution in [-0.4, -0.2) is 0 Å². The maximum Gasteiger partial charge on any atom is 0.123 e. The maximum atomic E-state index is 13.4. The highest BCUT2D eigenvalue weighted by atomic mass is 79.9. The molecule has 0 aromatic heterocycles. The van der Waals surface area contributed by atoms with E-state index in [0.717, 1.165) is 32.8 Å². The number of benzene rings is 2. The van der Waals surface area contributed by atoms with Crippen LogP contribution in [0.2, 0.25) is 5.02 Å². The second-order valence-electron chi connectivity index (χ2n) is 4.77. The fourth-order valence-corrected chi connectivity index (χ4v) is 3.78. The first-order valence-corrected chi connectivity index (χ1v) is 7.37. The molecule has 0 heterocycles. The van der Waals surface area contributed by atoms with Crippen LogP contribution < -0.4 is 0 Å². The minimum Gasteiger partial charge on any atom is -0.207 e. The van der Waals surface area contributed by atoms with Gasteiger partial charge in [-0.1, -0.05) is 39.7 Å². The third-order valence-electron chi connectivity index (χ3n) is 3.39. The van der Waals surface area contributed by atoms with E-state index in [-0.39, 0.29) is 10.6 Å². The van der Waals surface area contributed by atoms with Gasteiger partial charge in [0.05, 0.1) is 4.83 Å². The van der Waals surface area contributed by atoms with Crippen molar-refractivity contribution in [3.05, 3.63) is 69.0 Å². The Labute approximate surface area is 126 Å². The Bertz CT molecular complexity index is 599. The molecule has 1 unspecified atom stereocenters. The lowest BCUT2D eigenvalue weighted by atomic mass is 9.94. The van der Waals surface area contributed by atoms with E-state index in [1.807, 2.05) is 39.0 Å². The molecule has 3 heteroatoms. The fourth-order valence-electron chi connectivity index (χ4n) is 2.38. The van der Waals surface area contributed by atoms with Crippen LogP contribution in [0.25, 0.3) is 0 Å². The Hall–Kier alpha value is -0.860. The number of hydrogen-bond donors (Lipinski definition) is 0. The number of aryl methyl sites for hydroxylation is 2. The van der Waals surface area contributed by atoms with Crippen molar-refractivity contribution < 1.29 is 4.39 Å². The molecule has 0 aliphatic heterocycles. The molecule has 1 atom stereocenters. The zero-order valence-electron chi connectivity index (χ0n) is 11.1. The highest BCUT2D eigenvalue weighted by molar-refractivity contribution is 9.09. The van der Waals surface area contributed by atoms with Crippen molar-refractivity contribution in [1.82, 2.24) is 0 Å². The molecule has 0 amide bonds. The summed E-state index contributed by atoms with van der Waals surface area (Å²) >= 11 is 9.89. The molecule has 2 aromatic rings. The quantitative estimate of drug-likeness (QED) is 0.598. The minimum absolute atomic E-state index is 0.0202. The molecule has 19 heavy (non-hydrogen) atoms. The number of rotatable bonds is 2. The molecule has 100 valence electrons. The van der Waals surface area contributed by atoms with E-state index in [9.17, 15) is 4.39 Å². The van der Waals surface area contributed by atoms with Crippen LogP contribution in [0.4, 0.5) is 4.39 Å². The van der Waals surface area contributed by atoms with E-state index in [2.05, 4.69) is 15.9 Å². The molecule has 0 N–H and O–H groups in total. The topological polar surface area (TPSA) is 0 Å². The lowest BCUT2D eigenvalue weighted by Gasteiger charge is -2.19. The van der Waals surface area contributed by atoms with Gasteiger partial charge in [0.25, 0.3) is 0 Å². The number of hydrogen-bond acceptors (Lipinski definition) is 0. The zero-order chi connectivity index (χ0) is 14.2. The summed E-state index contributed by atoms with van der Waals surface area (Å²) < 4.78 is 13.4. The van der Waals surface area contributed by atoms with Crippen molar-refractivity contribution in [2.45, 2.75) is 25.6 Å². The van der Waals surface area contributed by atoms with Gasteiger partial charge in [-0.25, -0.2) is 4.39 Å². The van der Waals surface area contributed by atoms with Gasteiger partial charge in [0.2, 0.25) is 0 Å². The third kappa shape index (κ3) is 2.85. The Kier molecular flexibility index (Phi) is 4.32. The zero-order valence-corrected chi connectivity index (χ0v) is 13.4. The second kappa shape index (κ2) is 5.64. The molecular weight excluding hydrogens is 327 g/mol. The summed E-state index contributed by atoms with van der Waals surface area (Å²) in [6, 6.07) is 8.99. The predicted octanol–water partition coefficient (Wildman–Crippen LogP) is 5.89. The van der Waals surface area contributed by atoms with Crippen LogP contribution in [0.1, 0.15) is 32.6 Å². The molecular formula is C16H15BrClF. The predicted molar refractivity (Wildman–Crippen MR) is 82.8 cm³/mol. The Morgan fingerprint density at radius 3 is 2.26 bits per heavy atom. The summed E-state index contributed by atoms with van der Waals surface area (Å²) in [4.78, 5) is 0.0202. The molecule has 0 spiro atoms. The van der Waals surface area contributed by atoms with Gasteiger partial charge in [0.15, 0.2) is 0 Å². The van der Waals surface area contributed by atoms with Gasteiger partial charge in [-0.3, -0.25) is 0 Å². The lowest BCUT2D eigenvalue weighted by molar-refractivity contribution is 0.624. The average Bonchev–Trinajstić information content (AvgIpc) is 2.31. The van der Waals surface area contributed by atoms with Crippen molar-refractivity contribution in [1.29, 1.82) is 0 Å². The van der Waals surface area contributed by atoms with E-state index in [1.54, 1.807) is 12.1 Å². The van der Waals surface area contributed by atoms with Crippen molar-refractivity contribution >= 4 is 27.5 Å². The summed E-state index contributed by atoms with van der Waals surface area (Å²) in [5, 5.41) is 0.749. The van der Waals surface area contributed by atoms with Gasteiger partial charge in [-0.2, -0.15) is 0 Å². The Morgan fingerprint density at radius 2 is 1.68 bits per heavy atom. The minimum atomic E-state index is -0.193. The molecule has 2 aromatic carbocycles. The highest BCUT2D eigenvalue weighted by Crippen LogP contribution is 2.38. The second-order valence-corrected chi connectivity index (χ2v) is 6.09. The molecule has 0 saturated heterocycles. The smallest absolute Gasteiger partial charge is 0.123 e. The van der Waals surface area contributed by atoms with Gasteiger partial charge in [-0.05, 0) is 66.8 Å². The van der Waals surface area contributed by atoms with Crippen LogP contribution in [0.5, 0.6) is 0 Å². The van der Waals surface area contributed by atoms with Crippen LogP contribution in [-0.2, 0) is 0 Å². The fraction of sp³-hybridized carbons (Fsp3) is 0.250. The van der Waals surface area contributed by atoms with Crippen LogP contribution in [0.3, 0.4) is 0 Å². The maximum absolute atomic E-state index is 13.4. The van der Waals surface area contributed by atoms with Crippen molar-refractivity contribution in [2.24, 2.45) is 0 Å². The third-order valence-corrected chi connectivity index (χ3v) is 4.76. The van der Waals surface area contributed by atoms with Crippen LogP contribution in [0, 0.1) is 26.6 Å². The summed E-state index contributed by atoms with van der Waals surface area (Å²) in [5.41, 5.74) is 5.16. The van der Waals surface area contributed by atoms with Gasteiger partial charge >= 0.3 is 0 Å². The first kappa shape index (κ1) is 14.5. The number of halogens is 3. The van der Waals surface area contributed by atoms with E-state index in [4.69, 9.17) is 11.6 Å². The molecule has 0 radical (unpaired) electrons. The van der Waals surface area contributed by atoms with Gasteiger partial charge in [0.1, 0.15) is 5.82 Å². The molecule has 0 aliphatic carbocycles. The molecule has 0 aliphatic rings. The number of alkyl halides is 1. The van der Waals surface area contributed by atoms with E-state index in [0.29, 0.717) is 0 Å². The summed E-state index contributed by atoms with van der Waals surface area (Å²) in [6.07, 6.45) is 0.